The number of hydrogen-bond donors (Lipinski definition) is 0. The molecule has 0 aliphatic rings. The zero-order chi connectivity index (χ0) is 38.6. The van der Waals surface area contributed by atoms with Gasteiger partial charge in [0.2, 0.25) is 0 Å². The maximum atomic E-state index is 14.8. The summed E-state index contributed by atoms with van der Waals surface area (Å²) in [6, 6.07) is 73.1. The Kier molecular flexibility index (Phi) is 8.00. The van der Waals surface area contributed by atoms with Gasteiger partial charge in [-0.2, -0.15) is 0 Å². The highest BCUT2D eigenvalue weighted by molar-refractivity contribution is 6.12. The number of anilines is 3. The van der Waals surface area contributed by atoms with Gasteiger partial charge >= 0.3 is 0 Å². The van der Waals surface area contributed by atoms with Crippen molar-refractivity contribution in [3.05, 3.63) is 218 Å². The number of halogens is 1. The molecular formula is C54H35FN2O. The third-order valence-electron chi connectivity index (χ3n) is 11.3. The molecule has 0 radical (unpaired) electrons. The third kappa shape index (κ3) is 5.65. The topological polar surface area (TPSA) is 21.3 Å². The molecule has 0 atom stereocenters. The Balaban J connectivity index is 1.01. The first-order chi connectivity index (χ1) is 28.7. The zero-order valence-electron chi connectivity index (χ0n) is 31.4. The van der Waals surface area contributed by atoms with E-state index in [0.717, 1.165) is 94.3 Å². The predicted octanol–water partition coefficient (Wildman–Crippen LogP) is 15.3. The average molecular weight is 747 g/mol. The second kappa shape index (κ2) is 13.8. The first-order valence-electron chi connectivity index (χ1n) is 19.5. The van der Waals surface area contributed by atoms with Crippen molar-refractivity contribution in [3.8, 4) is 39.1 Å². The fourth-order valence-electron chi connectivity index (χ4n) is 8.59. The largest absolute Gasteiger partial charge is 0.456 e. The van der Waals surface area contributed by atoms with Gasteiger partial charge in [-0.3, -0.25) is 0 Å². The molecule has 0 saturated heterocycles. The number of fused-ring (bicyclic) bond motifs is 6. The van der Waals surface area contributed by atoms with Gasteiger partial charge in [-0.05, 0) is 107 Å². The summed E-state index contributed by atoms with van der Waals surface area (Å²) in [5.74, 6) is -0.254. The number of rotatable bonds is 7. The lowest BCUT2D eigenvalue weighted by atomic mass is 9.99. The molecule has 3 nitrogen and oxygen atoms in total. The van der Waals surface area contributed by atoms with E-state index in [2.05, 4.69) is 161 Å². The van der Waals surface area contributed by atoms with Crippen LogP contribution >= 0.6 is 0 Å². The summed E-state index contributed by atoms with van der Waals surface area (Å²) in [6.07, 6.45) is 0. The molecule has 58 heavy (non-hydrogen) atoms. The summed E-state index contributed by atoms with van der Waals surface area (Å²) in [7, 11) is 0. The first kappa shape index (κ1) is 33.6. The van der Waals surface area contributed by atoms with Gasteiger partial charge in [0, 0.05) is 44.2 Å². The molecule has 0 aliphatic heterocycles. The second-order valence-corrected chi connectivity index (χ2v) is 14.7. The van der Waals surface area contributed by atoms with E-state index in [1.165, 1.54) is 5.56 Å². The highest BCUT2D eigenvalue weighted by Gasteiger charge is 2.19. The van der Waals surface area contributed by atoms with E-state index in [4.69, 9.17) is 4.42 Å². The third-order valence-corrected chi connectivity index (χ3v) is 11.3. The van der Waals surface area contributed by atoms with Crippen molar-refractivity contribution in [2.75, 3.05) is 4.90 Å². The Morgan fingerprint density at radius 1 is 0.379 bits per heavy atom. The molecule has 0 fully saturated rings. The maximum Gasteiger partial charge on any atom is 0.136 e. The van der Waals surface area contributed by atoms with E-state index in [1.54, 1.807) is 12.1 Å². The monoisotopic (exact) mass is 746 g/mol. The highest BCUT2D eigenvalue weighted by atomic mass is 19.1. The van der Waals surface area contributed by atoms with Gasteiger partial charge in [0.25, 0.3) is 0 Å². The minimum absolute atomic E-state index is 0.254. The van der Waals surface area contributed by atoms with Crippen molar-refractivity contribution in [1.82, 2.24) is 4.57 Å². The van der Waals surface area contributed by atoms with Crippen molar-refractivity contribution in [3.63, 3.8) is 0 Å². The number of hydrogen-bond acceptors (Lipinski definition) is 2. The lowest BCUT2D eigenvalue weighted by Gasteiger charge is -2.26. The fourth-order valence-corrected chi connectivity index (χ4v) is 8.59. The molecule has 11 rings (SSSR count). The van der Waals surface area contributed by atoms with E-state index in [1.807, 2.05) is 48.5 Å². The normalized spacial score (nSPS) is 11.5. The molecule has 0 aliphatic carbocycles. The molecule has 4 heteroatoms. The molecule has 0 amide bonds. The van der Waals surface area contributed by atoms with Crippen LogP contribution in [0, 0.1) is 5.82 Å². The second-order valence-electron chi connectivity index (χ2n) is 14.7. The smallest absolute Gasteiger partial charge is 0.136 e. The minimum Gasteiger partial charge on any atom is -0.456 e. The van der Waals surface area contributed by atoms with Gasteiger partial charge in [0.1, 0.15) is 17.0 Å². The Labute approximate surface area is 335 Å². The van der Waals surface area contributed by atoms with Crippen molar-refractivity contribution < 1.29 is 8.81 Å². The van der Waals surface area contributed by atoms with Crippen LogP contribution in [0.25, 0.3) is 82.8 Å². The van der Waals surface area contributed by atoms with Gasteiger partial charge in [-0.1, -0.05) is 133 Å². The fraction of sp³-hybridized carbons (Fsp3) is 0. The van der Waals surface area contributed by atoms with E-state index >= 15 is 0 Å². The molecule has 0 N–H and O–H groups in total. The van der Waals surface area contributed by atoms with Gasteiger partial charge in [-0.15, -0.1) is 0 Å². The van der Waals surface area contributed by atoms with Crippen molar-refractivity contribution in [2.24, 2.45) is 0 Å². The van der Waals surface area contributed by atoms with Crippen molar-refractivity contribution in [2.45, 2.75) is 0 Å². The summed E-state index contributed by atoms with van der Waals surface area (Å²) >= 11 is 0. The molecule has 2 heterocycles. The van der Waals surface area contributed by atoms with Crippen LogP contribution in [0.1, 0.15) is 0 Å². The van der Waals surface area contributed by atoms with E-state index < -0.39 is 0 Å². The quantitative estimate of drug-likeness (QED) is 0.162. The molecule has 0 spiro atoms. The van der Waals surface area contributed by atoms with Crippen LogP contribution in [0.3, 0.4) is 0 Å². The molecule has 0 bridgehead atoms. The van der Waals surface area contributed by atoms with Crippen LogP contribution in [-0.4, -0.2) is 4.57 Å². The standard InChI is InChI=1S/C54H35FN2O/c55-40-27-34-47-46-14-5-8-18-50(46)57(51(47)35-40)49-17-7-4-13-44(49)38-23-30-42(31-24-38)56(41-28-21-37(22-29-41)36-11-2-1-3-12-36)43-32-25-39(26-33-43)45-16-10-20-53-54(45)48-15-6-9-19-52(48)58-53/h1-35H. The van der Waals surface area contributed by atoms with Gasteiger partial charge in [-0.25, -0.2) is 4.39 Å². The molecule has 0 unspecified atom stereocenters. The average Bonchev–Trinajstić information content (AvgIpc) is 3.83. The number of benzene rings is 9. The maximum absolute atomic E-state index is 14.8. The van der Waals surface area contributed by atoms with Crippen LogP contribution in [0.15, 0.2) is 217 Å². The Hall–Kier alpha value is -7.69. The minimum atomic E-state index is -0.254. The molecule has 9 aromatic carbocycles. The Bertz CT molecular complexity index is 3270. The zero-order valence-corrected chi connectivity index (χ0v) is 31.4. The Morgan fingerprint density at radius 3 is 1.66 bits per heavy atom. The van der Waals surface area contributed by atoms with Crippen LogP contribution in [0.5, 0.6) is 0 Å². The summed E-state index contributed by atoms with van der Waals surface area (Å²) in [6.45, 7) is 0. The van der Waals surface area contributed by atoms with Crippen LogP contribution in [0.2, 0.25) is 0 Å². The lowest BCUT2D eigenvalue weighted by molar-refractivity contribution is 0.629. The molecule has 2 aromatic heterocycles. The SMILES string of the molecule is Fc1ccc2c3ccccc3n(-c3ccccc3-c3ccc(N(c4ccc(-c5ccccc5)cc4)c4ccc(-c5cccc6oc7ccccc7c56)cc4)cc3)c2c1. The van der Waals surface area contributed by atoms with Gasteiger partial charge in [0.15, 0.2) is 0 Å². The lowest BCUT2D eigenvalue weighted by Crippen LogP contribution is -2.09. The van der Waals surface area contributed by atoms with Crippen LogP contribution < -0.4 is 4.90 Å². The predicted molar refractivity (Wildman–Crippen MR) is 239 cm³/mol. The highest BCUT2D eigenvalue weighted by Crippen LogP contribution is 2.42. The van der Waals surface area contributed by atoms with Crippen molar-refractivity contribution in [1.29, 1.82) is 0 Å². The van der Waals surface area contributed by atoms with Crippen LogP contribution in [-0.2, 0) is 0 Å². The summed E-state index contributed by atoms with van der Waals surface area (Å²) < 4.78 is 23.2. The molecule has 274 valence electrons. The van der Waals surface area contributed by atoms with Gasteiger partial charge < -0.3 is 13.9 Å². The van der Waals surface area contributed by atoms with Gasteiger partial charge in [0.05, 0.1) is 16.7 Å². The van der Waals surface area contributed by atoms with E-state index in [-0.39, 0.29) is 5.82 Å². The van der Waals surface area contributed by atoms with E-state index in [0.29, 0.717) is 0 Å². The molecular weight excluding hydrogens is 712 g/mol. The van der Waals surface area contributed by atoms with Crippen molar-refractivity contribution >= 4 is 60.8 Å². The molecule has 0 saturated carbocycles. The van der Waals surface area contributed by atoms with Crippen LogP contribution in [0.4, 0.5) is 21.5 Å². The summed E-state index contributed by atoms with van der Waals surface area (Å²) in [5.41, 5.74) is 14.5. The summed E-state index contributed by atoms with van der Waals surface area (Å²) in [5, 5.41) is 4.36. The number of nitrogens with zero attached hydrogens (tertiary/aromatic N) is 2. The number of para-hydroxylation sites is 3. The number of furan rings is 1. The number of aromatic nitrogens is 1. The first-order valence-corrected chi connectivity index (χ1v) is 19.5. The summed E-state index contributed by atoms with van der Waals surface area (Å²) in [4.78, 5) is 2.30. The molecule has 11 aromatic rings. The van der Waals surface area contributed by atoms with E-state index in [9.17, 15) is 4.39 Å². The Morgan fingerprint density at radius 2 is 0.914 bits per heavy atom.